The van der Waals surface area contributed by atoms with E-state index in [1.165, 1.54) is 5.56 Å². The molecule has 4 aromatic rings. The molecular formula is C25H25N5O2. The molecule has 0 bridgehead atoms. The number of nitrogens with one attached hydrogen (secondary N) is 1. The van der Waals surface area contributed by atoms with E-state index >= 15 is 0 Å². The standard InChI is InChI=1S/C25H25N5O2/c1-30-13-6-5-12-20-21(30)24(27-14-16-8-3-2-4-9-16)29-25(28-20)22-17-10-7-11-18(23(26)31)19(17)15-32-22/h2-4,7-11,15H,5-6,12-14H2,1H3,(H2,26,31)(H,27,28,29). The zero-order chi connectivity index (χ0) is 22.1. The van der Waals surface area contributed by atoms with Crippen LogP contribution in [0.1, 0.15) is 34.5 Å². The van der Waals surface area contributed by atoms with E-state index < -0.39 is 5.91 Å². The predicted molar refractivity (Wildman–Crippen MR) is 126 cm³/mol. The lowest BCUT2D eigenvalue weighted by molar-refractivity contribution is 0.100. The average Bonchev–Trinajstić information content (AvgIpc) is 3.15. The largest absolute Gasteiger partial charge is 0.460 e. The SMILES string of the molecule is CN1CCCCc2nc(-c3occ4c(C(N)=O)cccc34)nc(NCc3ccccc3)c21. The zero-order valence-electron chi connectivity index (χ0n) is 18.0. The number of amides is 1. The lowest BCUT2D eigenvalue weighted by atomic mass is 10.1. The van der Waals surface area contributed by atoms with Crippen LogP contribution < -0.4 is 16.0 Å². The van der Waals surface area contributed by atoms with Crippen molar-refractivity contribution < 1.29 is 9.21 Å². The Labute approximate surface area is 186 Å². The Balaban J connectivity index is 1.62. The van der Waals surface area contributed by atoms with E-state index in [1.807, 2.05) is 24.3 Å². The zero-order valence-corrected chi connectivity index (χ0v) is 18.0. The van der Waals surface area contributed by atoms with Gasteiger partial charge in [0.1, 0.15) is 12.0 Å². The van der Waals surface area contributed by atoms with Crippen LogP contribution in [0.4, 0.5) is 11.5 Å². The fraction of sp³-hybridized carbons (Fsp3) is 0.240. The molecule has 0 aliphatic carbocycles. The molecular weight excluding hydrogens is 402 g/mol. The first-order chi connectivity index (χ1) is 15.6. The van der Waals surface area contributed by atoms with E-state index in [1.54, 1.807) is 18.4 Å². The summed E-state index contributed by atoms with van der Waals surface area (Å²) in [6, 6.07) is 15.6. The molecule has 2 aromatic carbocycles. The number of nitrogens with two attached hydrogens (primary N) is 1. The van der Waals surface area contributed by atoms with E-state index in [0.717, 1.165) is 48.4 Å². The van der Waals surface area contributed by atoms with Crippen molar-refractivity contribution in [1.29, 1.82) is 0 Å². The van der Waals surface area contributed by atoms with Crippen LogP contribution >= 0.6 is 0 Å². The van der Waals surface area contributed by atoms with Crippen LogP contribution in [-0.2, 0) is 13.0 Å². The van der Waals surface area contributed by atoms with E-state index in [9.17, 15) is 4.79 Å². The predicted octanol–water partition coefficient (Wildman–Crippen LogP) is 4.37. The molecule has 0 spiro atoms. The van der Waals surface area contributed by atoms with Crippen LogP contribution in [0.15, 0.2) is 59.2 Å². The van der Waals surface area contributed by atoms with Crippen LogP contribution in [0.25, 0.3) is 22.4 Å². The van der Waals surface area contributed by atoms with Crippen molar-refractivity contribution in [2.45, 2.75) is 25.8 Å². The molecule has 3 N–H and O–H groups in total. The molecule has 0 saturated carbocycles. The van der Waals surface area contributed by atoms with Gasteiger partial charge in [-0.3, -0.25) is 4.79 Å². The highest BCUT2D eigenvalue weighted by molar-refractivity contribution is 6.08. The number of primary amides is 1. The van der Waals surface area contributed by atoms with Gasteiger partial charge in [-0.25, -0.2) is 9.97 Å². The third-order valence-corrected chi connectivity index (χ3v) is 5.91. The van der Waals surface area contributed by atoms with Crippen LogP contribution in [0.5, 0.6) is 0 Å². The van der Waals surface area contributed by atoms with Crippen molar-refractivity contribution in [3.8, 4) is 11.6 Å². The topological polar surface area (TPSA) is 97.3 Å². The van der Waals surface area contributed by atoms with Gasteiger partial charge >= 0.3 is 0 Å². The maximum absolute atomic E-state index is 11.8. The maximum atomic E-state index is 11.8. The molecule has 162 valence electrons. The first-order valence-electron chi connectivity index (χ1n) is 10.8. The molecule has 1 amide bonds. The minimum atomic E-state index is -0.488. The smallest absolute Gasteiger partial charge is 0.249 e. The third-order valence-electron chi connectivity index (χ3n) is 5.91. The Morgan fingerprint density at radius 1 is 1.09 bits per heavy atom. The minimum Gasteiger partial charge on any atom is -0.460 e. The van der Waals surface area contributed by atoms with Crippen LogP contribution in [0, 0.1) is 0 Å². The molecule has 0 atom stereocenters. The fourth-order valence-corrected chi connectivity index (χ4v) is 4.30. The highest BCUT2D eigenvalue weighted by Gasteiger charge is 2.23. The molecule has 0 radical (unpaired) electrons. The second-order valence-electron chi connectivity index (χ2n) is 8.10. The number of furan rings is 1. The van der Waals surface area contributed by atoms with Gasteiger partial charge in [0.15, 0.2) is 17.4 Å². The van der Waals surface area contributed by atoms with Gasteiger partial charge in [0, 0.05) is 30.9 Å². The number of aromatic nitrogens is 2. The highest BCUT2D eigenvalue weighted by Crippen LogP contribution is 2.36. The van der Waals surface area contributed by atoms with Gasteiger partial charge in [-0.1, -0.05) is 42.5 Å². The molecule has 0 unspecified atom stereocenters. The van der Waals surface area contributed by atoms with Crippen molar-refractivity contribution in [3.63, 3.8) is 0 Å². The van der Waals surface area contributed by atoms with Crippen molar-refractivity contribution in [2.75, 3.05) is 23.8 Å². The number of carbonyl (C=O) groups is 1. The lowest BCUT2D eigenvalue weighted by Crippen LogP contribution is -2.21. The van der Waals surface area contributed by atoms with Gasteiger partial charge in [0.25, 0.3) is 0 Å². The monoisotopic (exact) mass is 427 g/mol. The Kier molecular flexibility index (Phi) is 5.23. The molecule has 1 aliphatic heterocycles. The minimum absolute atomic E-state index is 0.425. The summed E-state index contributed by atoms with van der Waals surface area (Å²) in [6.45, 7) is 1.61. The van der Waals surface area contributed by atoms with Crippen LogP contribution in [0.2, 0.25) is 0 Å². The Morgan fingerprint density at radius 2 is 1.94 bits per heavy atom. The summed E-state index contributed by atoms with van der Waals surface area (Å²) in [7, 11) is 2.09. The van der Waals surface area contributed by atoms with Crippen molar-refractivity contribution in [1.82, 2.24) is 9.97 Å². The first kappa shape index (κ1) is 20.1. The molecule has 1 aliphatic rings. The van der Waals surface area contributed by atoms with E-state index in [4.69, 9.17) is 20.1 Å². The summed E-state index contributed by atoms with van der Waals surface area (Å²) in [5.41, 5.74) is 9.18. The Morgan fingerprint density at radius 3 is 2.75 bits per heavy atom. The third kappa shape index (κ3) is 3.66. The molecule has 32 heavy (non-hydrogen) atoms. The van der Waals surface area contributed by atoms with Gasteiger partial charge in [0.2, 0.25) is 5.91 Å². The number of benzene rings is 2. The Bertz CT molecular complexity index is 1280. The normalized spacial score (nSPS) is 13.6. The Hall–Kier alpha value is -3.87. The second kappa shape index (κ2) is 8.34. The van der Waals surface area contributed by atoms with Gasteiger partial charge in [-0.15, -0.1) is 0 Å². The number of hydrogen-bond donors (Lipinski definition) is 2. The maximum Gasteiger partial charge on any atom is 0.249 e. The highest BCUT2D eigenvalue weighted by atomic mass is 16.3. The van der Waals surface area contributed by atoms with Crippen molar-refractivity contribution >= 4 is 28.2 Å². The summed E-state index contributed by atoms with van der Waals surface area (Å²) < 4.78 is 5.88. The number of nitrogens with zero attached hydrogens (tertiary/aromatic N) is 3. The summed E-state index contributed by atoms with van der Waals surface area (Å²) >= 11 is 0. The van der Waals surface area contributed by atoms with Crippen LogP contribution in [-0.4, -0.2) is 29.5 Å². The van der Waals surface area contributed by atoms with Crippen molar-refractivity contribution in [3.05, 3.63) is 71.6 Å². The summed E-state index contributed by atoms with van der Waals surface area (Å²) in [5, 5.41) is 4.96. The number of hydrogen-bond acceptors (Lipinski definition) is 6. The van der Waals surface area contributed by atoms with E-state index in [-0.39, 0.29) is 0 Å². The average molecular weight is 428 g/mol. The van der Waals surface area contributed by atoms with E-state index in [0.29, 0.717) is 29.1 Å². The summed E-state index contributed by atoms with van der Waals surface area (Å²) in [6.07, 6.45) is 4.60. The number of rotatable bonds is 5. The summed E-state index contributed by atoms with van der Waals surface area (Å²) in [5.74, 6) is 1.35. The summed E-state index contributed by atoms with van der Waals surface area (Å²) in [4.78, 5) is 23.9. The molecule has 3 heterocycles. The molecule has 7 nitrogen and oxygen atoms in total. The van der Waals surface area contributed by atoms with Crippen molar-refractivity contribution in [2.24, 2.45) is 5.73 Å². The number of fused-ring (bicyclic) bond motifs is 2. The number of anilines is 2. The lowest BCUT2D eigenvalue weighted by Gasteiger charge is -2.22. The molecule has 0 fully saturated rings. The van der Waals surface area contributed by atoms with Gasteiger partial charge in [-0.2, -0.15) is 0 Å². The first-order valence-corrected chi connectivity index (χ1v) is 10.8. The quantitative estimate of drug-likeness (QED) is 0.491. The fourth-order valence-electron chi connectivity index (χ4n) is 4.30. The number of carbonyl (C=O) groups excluding carboxylic acids is 1. The van der Waals surface area contributed by atoms with Gasteiger partial charge < -0.3 is 20.4 Å². The molecule has 7 heteroatoms. The van der Waals surface area contributed by atoms with Gasteiger partial charge in [0.05, 0.1) is 11.3 Å². The second-order valence-corrected chi connectivity index (χ2v) is 8.10. The molecule has 5 rings (SSSR count). The van der Waals surface area contributed by atoms with E-state index in [2.05, 4.69) is 29.4 Å². The molecule has 0 saturated heterocycles. The number of aryl methyl sites for hydroxylation is 1. The molecule has 2 aromatic heterocycles. The van der Waals surface area contributed by atoms with Gasteiger partial charge in [-0.05, 0) is 30.9 Å². The van der Waals surface area contributed by atoms with Crippen LogP contribution in [0.3, 0.4) is 0 Å².